The molecule has 1 aliphatic heterocycles. The molecule has 0 spiro atoms. The average molecular weight is 252 g/mol. The summed E-state index contributed by atoms with van der Waals surface area (Å²) < 4.78 is 0. The van der Waals surface area contributed by atoms with Crippen LogP contribution in [0.4, 0.5) is 5.69 Å². The lowest BCUT2D eigenvalue weighted by atomic mass is 10.2. The number of rotatable bonds is 2. The van der Waals surface area contributed by atoms with E-state index in [0.717, 1.165) is 11.3 Å². The van der Waals surface area contributed by atoms with E-state index in [1.165, 1.54) is 5.56 Å². The second-order valence-corrected chi connectivity index (χ2v) is 4.69. The van der Waals surface area contributed by atoms with Gasteiger partial charge < -0.3 is 9.80 Å². The highest BCUT2D eigenvalue weighted by atomic mass is 15.5. The minimum absolute atomic E-state index is 0.0533. The van der Waals surface area contributed by atoms with Crippen molar-refractivity contribution in [2.45, 2.75) is 6.29 Å². The van der Waals surface area contributed by atoms with Crippen LogP contribution in [0.5, 0.6) is 0 Å². The van der Waals surface area contributed by atoms with Crippen molar-refractivity contribution in [2.75, 3.05) is 14.1 Å². The Kier molecular flexibility index (Phi) is 2.91. The minimum atomic E-state index is -0.0533. The molecule has 0 aromatic carbocycles. The predicted octanol–water partition coefficient (Wildman–Crippen LogP) is 3.51. The largest absolute Gasteiger partial charge is 0.340 e. The van der Waals surface area contributed by atoms with Gasteiger partial charge in [0.1, 0.15) is 0 Å². The Hall–Kier alpha value is -2.36. The van der Waals surface area contributed by atoms with Crippen LogP contribution in [0.15, 0.2) is 65.1 Å². The molecule has 96 valence electrons. The van der Waals surface area contributed by atoms with Crippen molar-refractivity contribution in [1.82, 2.24) is 9.80 Å². The van der Waals surface area contributed by atoms with E-state index < -0.39 is 0 Å². The number of hydrogen-bond acceptors (Lipinski definition) is 4. The van der Waals surface area contributed by atoms with Crippen LogP contribution in [0.2, 0.25) is 0 Å². The Labute approximate surface area is 113 Å². The summed E-state index contributed by atoms with van der Waals surface area (Å²) in [7, 11) is 3.99. The lowest BCUT2D eigenvalue weighted by Gasteiger charge is -2.21. The van der Waals surface area contributed by atoms with Crippen LogP contribution in [0.3, 0.4) is 0 Å². The van der Waals surface area contributed by atoms with Gasteiger partial charge in [0.15, 0.2) is 0 Å². The van der Waals surface area contributed by atoms with Gasteiger partial charge in [-0.05, 0) is 11.6 Å². The third-order valence-electron chi connectivity index (χ3n) is 3.30. The van der Waals surface area contributed by atoms with E-state index in [0.29, 0.717) is 0 Å². The molecule has 4 heteroatoms. The maximum absolute atomic E-state index is 4.41. The van der Waals surface area contributed by atoms with Crippen LogP contribution < -0.4 is 0 Å². The summed E-state index contributed by atoms with van der Waals surface area (Å²) in [4.78, 5) is 4.04. The van der Waals surface area contributed by atoms with Gasteiger partial charge in [-0.25, -0.2) is 0 Å². The van der Waals surface area contributed by atoms with E-state index in [1.807, 2.05) is 60.6 Å². The zero-order valence-electron chi connectivity index (χ0n) is 11.1. The van der Waals surface area contributed by atoms with Gasteiger partial charge in [-0.15, -0.1) is 5.11 Å². The highest BCUT2D eigenvalue weighted by molar-refractivity contribution is 5.78. The summed E-state index contributed by atoms with van der Waals surface area (Å²) in [5.74, 6) is 0. The van der Waals surface area contributed by atoms with Crippen LogP contribution in [0.25, 0.3) is 11.1 Å². The molecule has 0 saturated carbocycles. The molecule has 4 nitrogen and oxygen atoms in total. The Morgan fingerprint density at radius 3 is 2.42 bits per heavy atom. The highest BCUT2D eigenvalue weighted by Gasteiger charge is 2.19. The van der Waals surface area contributed by atoms with Crippen LogP contribution in [-0.4, -0.2) is 30.2 Å². The minimum Gasteiger partial charge on any atom is -0.340 e. The fourth-order valence-electron chi connectivity index (χ4n) is 2.21. The summed E-state index contributed by atoms with van der Waals surface area (Å²) >= 11 is 0. The van der Waals surface area contributed by atoms with Gasteiger partial charge in [0.05, 0.1) is 5.69 Å². The molecule has 0 atom stereocenters. The van der Waals surface area contributed by atoms with Gasteiger partial charge in [-0.3, -0.25) is 0 Å². The molecular weight excluding hydrogens is 236 g/mol. The molecule has 0 saturated heterocycles. The first-order chi connectivity index (χ1) is 9.25. The topological polar surface area (TPSA) is 31.2 Å². The Morgan fingerprint density at radius 1 is 0.895 bits per heavy atom. The van der Waals surface area contributed by atoms with Crippen molar-refractivity contribution < 1.29 is 0 Å². The van der Waals surface area contributed by atoms with Crippen LogP contribution in [0, 0.1) is 0 Å². The third-order valence-corrected chi connectivity index (χ3v) is 3.30. The first-order valence-electron chi connectivity index (χ1n) is 6.26. The van der Waals surface area contributed by atoms with Crippen LogP contribution >= 0.6 is 0 Å². The van der Waals surface area contributed by atoms with Gasteiger partial charge in [0.25, 0.3) is 0 Å². The monoisotopic (exact) mass is 252 g/mol. The fourth-order valence-corrected chi connectivity index (χ4v) is 2.21. The van der Waals surface area contributed by atoms with E-state index in [-0.39, 0.29) is 6.29 Å². The van der Waals surface area contributed by atoms with Crippen LogP contribution in [0.1, 0.15) is 0 Å². The molecule has 3 rings (SSSR count). The third kappa shape index (κ3) is 2.17. The molecule has 0 radical (unpaired) electrons. The first kappa shape index (κ1) is 11.7. The molecule has 2 aliphatic carbocycles. The average Bonchev–Trinajstić information content (AvgIpc) is 2.83. The van der Waals surface area contributed by atoms with Gasteiger partial charge in [0.2, 0.25) is 6.29 Å². The highest BCUT2D eigenvalue weighted by Crippen LogP contribution is 2.33. The zero-order valence-corrected chi connectivity index (χ0v) is 11.1. The van der Waals surface area contributed by atoms with Gasteiger partial charge in [0, 0.05) is 32.1 Å². The molecule has 0 bridgehead atoms. The van der Waals surface area contributed by atoms with Gasteiger partial charge in [-0.2, -0.15) is 5.11 Å². The Bertz CT molecular complexity index is 593. The summed E-state index contributed by atoms with van der Waals surface area (Å²) in [6.45, 7) is 0. The normalized spacial score (nSPS) is 16.1. The Balaban J connectivity index is 1.87. The number of hydrogen-bond donors (Lipinski definition) is 0. The molecular formula is C15H16N4. The van der Waals surface area contributed by atoms with Gasteiger partial charge in [-0.1, -0.05) is 36.4 Å². The van der Waals surface area contributed by atoms with Gasteiger partial charge >= 0.3 is 0 Å². The van der Waals surface area contributed by atoms with Crippen molar-refractivity contribution in [1.29, 1.82) is 0 Å². The number of azo groups is 1. The second kappa shape index (κ2) is 4.72. The summed E-state index contributed by atoms with van der Waals surface area (Å²) in [5.41, 5.74) is 3.23. The smallest absolute Gasteiger partial charge is 0.217 e. The molecule has 0 N–H and O–H groups in total. The maximum Gasteiger partial charge on any atom is 0.217 e. The fraction of sp³-hybridized carbons (Fsp3) is 0.200. The molecule has 3 aliphatic rings. The summed E-state index contributed by atoms with van der Waals surface area (Å²) in [6, 6.07) is 14.3. The van der Waals surface area contributed by atoms with Crippen molar-refractivity contribution in [3.8, 4) is 11.1 Å². The van der Waals surface area contributed by atoms with E-state index in [9.17, 15) is 0 Å². The Morgan fingerprint density at radius 2 is 1.63 bits per heavy atom. The van der Waals surface area contributed by atoms with Crippen molar-refractivity contribution in [2.24, 2.45) is 10.2 Å². The SMILES string of the molecule is CN1C=CN(C)C1N=Nc1ccc2cccccc1-2. The van der Waals surface area contributed by atoms with E-state index in [1.54, 1.807) is 0 Å². The second-order valence-electron chi connectivity index (χ2n) is 4.69. The van der Waals surface area contributed by atoms with Crippen molar-refractivity contribution in [3.05, 3.63) is 54.9 Å². The number of nitrogens with zero attached hydrogens (tertiary/aromatic N) is 4. The molecule has 0 unspecified atom stereocenters. The van der Waals surface area contributed by atoms with E-state index in [4.69, 9.17) is 0 Å². The predicted molar refractivity (Wildman–Crippen MR) is 76.0 cm³/mol. The van der Waals surface area contributed by atoms with E-state index >= 15 is 0 Å². The lowest BCUT2D eigenvalue weighted by Crippen LogP contribution is -2.31. The van der Waals surface area contributed by atoms with E-state index in [2.05, 4.69) is 28.4 Å². The maximum atomic E-state index is 4.41. The summed E-state index contributed by atoms with van der Waals surface area (Å²) in [5, 5.41) is 8.82. The van der Waals surface area contributed by atoms with Crippen molar-refractivity contribution >= 4 is 5.69 Å². The standard InChI is InChI=1S/C15H16N4/c1-18-10-11-19(2)15(18)17-16-14-9-8-12-6-4-3-5-7-13(12)14/h3-11,15H,1-2H3. The molecule has 0 fully saturated rings. The zero-order chi connectivity index (χ0) is 13.2. The lowest BCUT2D eigenvalue weighted by molar-refractivity contribution is 0.207. The molecule has 0 aromatic heterocycles. The molecule has 0 amide bonds. The van der Waals surface area contributed by atoms with Crippen LogP contribution in [-0.2, 0) is 0 Å². The molecule has 19 heavy (non-hydrogen) atoms. The summed E-state index contributed by atoms with van der Waals surface area (Å²) in [6.07, 6.45) is 3.93. The molecule has 0 aromatic rings. The van der Waals surface area contributed by atoms with Crippen molar-refractivity contribution in [3.63, 3.8) is 0 Å². The quantitative estimate of drug-likeness (QED) is 0.766. The molecule has 1 heterocycles. The first-order valence-corrected chi connectivity index (χ1v) is 6.26. The number of fused-ring (bicyclic) bond motifs is 1.